The average molecular weight is 499 g/mol. The monoisotopic (exact) mass is 498 g/mol. The van der Waals surface area contributed by atoms with Crippen LogP contribution in [0.5, 0.6) is 0 Å². The van der Waals surface area contributed by atoms with Crippen molar-refractivity contribution < 1.29 is 4.79 Å². The van der Waals surface area contributed by atoms with E-state index in [-0.39, 0.29) is 11.9 Å². The van der Waals surface area contributed by atoms with Gasteiger partial charge in [-0.25, -0.2) is 9.97 Å². The molecule has 1 unspecified atom stereocenters. The van der Waals surface area contributed by atoms with E-state index < -0.39 is 0 Å². The number of aryl methyl sites for hydroxylation is 1. The SMILES string of the molecule is CSCCC(NC(=O)c1cc(C2CC2)nc2c1c(C)nn2-c1ccccn1)c1nnc2ccccn12. The third kappa shape index (κ3) is 4.11. The highest BCUT2D eigenvalue weighted by Crippen LogP contribution is 2.40. The van der Waals surface area contributed by atoms with E-state index >= 15 is 0 Å². The minimum Gasteiger partial charge on any atom is -0.342 e. The van der Waals surface area contributed by atoms with E-state index in [1.807, 2.05) is 60.0 Å². The lowest BCUT2D eigenvalue weighted by molar-refractivity contribution is 0.0935. The van der Waals surface area contributed by atoms with Crippen molar-refractivity contribution in [3.63, 3.8) is 0 Å². The zero-order valence-electron chi connectivity index (χ0n) is 20.1. The minimum atomic E-state index is -0.291. The first-order valence-corrected chi connectivity index (χ1v) is 13.4. The van der Waals surface area contributed by atoms with E-state index in [9.17, 15) is 4.79 Å². The molecule has 0 radical (unpaired) electrons. The van der Waals surface area contributed by atoms with Crippen LogP contribution < -0.4 is 5.32 Å². The normalized spacial score (nSPS) is 14.4. The number of aromatic nitrogens is 7. The molecule has 1 aliphatic rings. The molecule has 5 aromatic heterocycles. The van der Waals surface area contributed by atoms with Crippen molar-refractivity contribution in [2.45, 2.75) is 38.1 Å². The molecule has 1 aliphatic carbocycles. The molecule has 1 saturated carbocycles. The summed E-state index contributed by atoms with van der Waals surface area (Å²) in [6, 6.07) is 13.1. The van der Waals surface area contributed by atoms with Gasteiger partial charge in [0.25, 0.3) is 5.91 Å². The molecule has 1 amide bonds. The largest absolute Gasteiger partial charge is 0.342 e. The predicted octanol–water partition coefficient (Wildman–Crippen LogP) is 4.27. The Kier molecular flexibility index (Phi) is 5.88. The number of carbonyl (C=O) groups excluding carboxylic acids is 1. The van der Waals surface area contributed by atoms with Gasteiger partial charge in [0.05, 0.1) is 22.7 Å². The summed E-state index contributed by atoms with van der Waals surface area (Å²) >= 11 is 1.74. The fourth-order valence-electron chi connectivity index (χ4n) is 4.55. The summed E-state index contributed by atoms with van der Waals surface area (Å²) in [6.07, 6.45) is 8.62. The number of nitrogens with zero attached hydrogens (tertiary/aromatic N) is 7. The number of pyridine rings is 3. The molecule has 1 atom stereocenters. The molecule has 36 heavy (non-hydrogen) atoms. The van der Waals surface area contributed by atoms with Crippen molar-refractivity contribution in [1.29, 1.82) is 0 Å². The maximum Gasteiger partial charge on any atom is 0.252 e. The van der Waals surface area contributed by atoms with Crippen LogP contribution in [0.3, 0.4) is 0 Å². The molecule has 182 valence electrons. The van der Waals surface area contributed by atoms with Crippen LogP contribution in [-0.4, -0.2) is 52.3 Å². The number of hydrogen-bond acceptors (Lipinski definition) is 7. The molecule has 6 rings (SSSR count). The molecular weight excluding hydrogens is 472 g/mol. The van der Waals surface area contributed by atoms with Crippen LogP contribution in [0.25, 0.3) is 22.5 Å². The third-order valence-electron chi connectivity index (χ3n) is 6.51. The predicted molar refractivity (Wildman–Crippen MR) is 140 cm³/mol. The molecule has 1 fully saturated rings. The van der Waals surface area contributed by atoms with Crippen LogP contribution in [0.2, 0.25) is 0 Å². The molecule has 0 aromatic carbocycles. The first-order valence-electron chi connectivity index (χ1n) is 12.0. The van der Waals surface area contributed by atoms with Crippen LogP contribution in [0.1, 0.15) is 58.8 Å². The zero-order valence-corrected chi connectivity index (χ0v) is 20.9. The Balaban J connectivity index is 1.43. The highest BCUT2D eigenvalue weighted by atomic mass is 32.2. The van der Waals surface area contributed by atoms with Gasteiger partial charge in [0.15, 0.2) is 22.9 Å². The second-order valence-electron chi connectivity index (χ2n) is 9.05. The van der Waals surface area contributed by atoms with Crippen molar-refractivity contribution >= 4 is 34.3 Å². The van der Waals surface area contributed by atoms with Crippen LogP contribution in [0, 0.1) is 6.92 Å². The lowest BCUT2D eigenvalue weighted by Gasteiger charge is -2.18. The molecule has 5 aromatic rings. The van der Waals surface area contributed by atoms with E-state index in [0.717, 1.165) is 53.3 Å². The van der Waals surface area contributed by atoms with Gasteiger partial charge < -0.3 is 5.32 Å². The fraction of sp³-hybridized carbons (Fsp3) is 0.308. The van der Waals surface area contributed by atoms with E-state index in [1.165, 1.54) is 0 Å². The molecule has 5 heterocycles. The van der Waals surface area contributed by atoms with Crippen molar-refractivity contribution in [3.05, 3.63) is 77.6 Å². The fourth-order valence-corrected chi connectivity index (χ4v) is 5.02. The Hall–Kier alpha value is -3.79. The average Bonchev–Trinajstić information content (AvgIpc) is 3.59. The highest BCUT2D eigenvalue weighted by molar-refractivity contribution is 7.98. The number of nitrogens with one attached hydrogen (secondary N) is 1. The van der Waals surface area contributed by atoms with E-state index in [4.69, 9.17) is 10.1 Å². The van der Waals surface area contributed by atoms with Gasteiger partial charge in [0.1, 0.15) is 0 Å². The summed E-state index contributed by atoms with van der Waals surface area (Å²) in [6.45, 7) is 1.91. The van der Waals surface area contributed by atoms with Gasteiger partial charge in [-0.2, -0.15) is 21.5 Å². The molecule has 9 nitrogen and oxygen atoms in total. The van der Waals surface area contributed by atoms with E-state index in [1.54, 1.807) is 22.6 Å². The summed E-state index contributed by atoms with van der Waals surface area (Å²) in [4.78, 5) is 23.3. The standard InChI is InChI=1S/C26H26N8OS/c1-16-23-18(15-20(17-9-10-17)28-25(23)34(32-16)21-7-3-5-12-27-21)26(35)29-19(11-14-36-2)24-31-30-22-8-4-6-13-33(22)24/h3-8,12-13,15,17,19H,9-11,14H2,1-2H3,(H,29,35). The van der Waals surface area contributed by atoms with Crippen molar-refractivity contribution in [2.24, 2.45) is 0 Å². The van der Waals surface area contributed by atoms with Gasteiger partial charge in [-0.05, 0) is 68.5 Å². The minimum absolute atomic E-state index is 0.160. The van der Waals surface area contributed by atoms with E-state index in [2.05, 4.69) is 26.8 Å². The van der Waals surface area contributed by atoms with Crippen LogP contribution in [0.4, 0.5) is 0 Å². The van der Waals surface area contributed by atoms with Crippen LogP contribution >= 0.6 is 11.8 Å². The Morgan fingerprint density at radius 3 is 2.83 bits per heavy atom. The van der Waals surface area contributed by atoms with Crippen molar-refractivity contribution in [1.82, 2.24) is 39.7 Å². The van der Waals surface area contributed by atoms with Gasteiger partial charge in [0.2, 0.25) is 0 Å². The first kappa shape index (κ1) is 22.7. The Morgan fingerprint density at radius 1 is 1.19 bits per heavy atom. The molecule has 0 spiro atoms. The Morgan fingerprint density at radius 2 is 2.06 bits per heavy atom. The van der Waals surface area contributed by atoms with E-state index in [0.29, 0.717) is 22.9 Å². The second kappa shape index (κ2) is 9.34. The molecule has 0 aliphatic heterocycles. The maximum atomic E-state index is 13.9. The number of thioether (sulfide) groups is 1. The summed E-state index contributed by atoms with van der Waals surface area (Å²) in [5, 5.41) is 17.5. The lowest BCUT2D eigenvalue weighted by atomic mass is 10.1. The Labute approximate surface area is 212 Å². The lowest BCUT2D eigenvalue weighted by Crippen LogP contribution is -2.30. The van der Waals surface area contributed by atoms with Gasteiger partial charge in [0, 0.05) is 24.0 Å². The Bertz CT molecular complexity index is 1560. The summed E-state index contributed by atoms with van der Waals surface area (Å²) < 4.78 is 3.68. The first-order chi connectivity index (χ1) is 17.6. The third-order valence-corrected chi connectivity index (χ3v) is 7.15. The van der Waals surface area contributed by atoms with Gasteiger partial charge in [-0.1, -0.05) is 12.1 Å². The van der Waals surface area contributed by atoms with Gasteiger partial charge in [-0.3, -0.25) is 9.20 Å². The summed E-state index contributed by atoms with van der Waals surface area (Å²) in [7, 11) is 0. The molecule has 0 bridgehead atoms. The quantitative estimate of drug-likeness (QED) is 0.341. The molecule has 0 saturated heterocycles. The second-order valence-corrected chi connectivity index (χ2v) is 10.0. The molecule has 1 N–H and O–H groups in total. The number of amides is 1. The highest BCUT2D eigenvalue weighted by Gasteiger charge is 2.30. The number of hydrogen-bond donors (Lipinski definition) is 1. The van der Waals surface area contributed by atoms with Gasteiger partial charge in [-0.15, -0.1) is 10.2 Å². The smallest absolute Gasteiger partial charge is 0.252 e. The van der Waals surface area contributed by atoms with Crippen molar-refractivity contribution in [3.8, 4) is 5.82 Å². The summed E-state index contributed by atoms with van der Waals surface area (Å²) in [5.74, 6) is 2.49. The number of carbonyl (C=O) groups is 1. The van der Waals surface area contributed by atoms with Crippen molar-refractivity contribution in [2.75, 3.05) is 12.0 Å². The van der Waals surface area contributed by atoms with Crippen LogP contribution in [-0.2, 0) is 0 Å². The van der Waals surface area contributed by atoms with Crippen LogP contribution in [0.15, 0.2) is 54.9 Å². The molecular formula is C26H26N8OS. The summed E-state index contributed by atoms with van der Waals surface area (Å²) in [5.41, 5.74) is 3.67. The number of fused-ring (bicyclic) bond motifs is 2. The number of rotatable bonds is 8. The van der Waals surface area contributed by atoms with Gasteiger partial charge >= 0.3 is 0 Å². The zero-order chi connectivity index (χ0) is 24.6. The maximum absolute atomic E-state index is 13.9. The molecule has 10 heteroatoms. The topological polar surface area (TPSA) is 103 Å².